The van der Waals surface area contributed by atoms with Gasteiger partial charge in [-0.25, -0.2) is 0 Å². The highest BCUT2D eigenvalue weighted by molar-refractivity contribution is 5.85. The molecule has 0 bridgehead atoms. The first kappa shape index (κ1) is 12.1. The van der Waals surface area contributed by atoms with Crippen LogP contribution in [0.4, 0.5) is 0 Å². The Hall–Kier alpha value is -0.910. The fourth-order valence-electron chi connectivity index (χ4n) is 0.895. The SMILES string of the molecule is NC(=O)C=CCN(CCO)CCO. The summed E-state index contributed by atoms with van der Waals surface area (Å²) in [4.78, 5) is 12.1. The fourth-order valence-corrected chi connectivity index (χ4v) is 0.895. The maximum Gasteiger partial charge on any atom is 0.241 e. The molecular weight excluding hydrogens is 172 g/mol. The van der Waals surface area contributed by atoms with Crippen molar-refractivity contribution >= 4 is 5.91 Å². The zero-order chi connectivity index (χ0) is 10.1. The molecule has 0 aliphatic heterocycles. The van der Waals surface area contributed by atoms with Gasteiger partial charge in [0, 0.05) is 19.6 Å². The summed E-state index contributed by atoms with van der Waals surface area (Å²) in [6, 6.07) is 0. The normalized spacial score (nSPS) is 11.3. The third-order valence-corrected chi connectivity index (χ3v) is 1.48. The predicted octanol–water partition coefficient (Wildman–Crippen LogP) is -1.69. The Morgan fingerprint density at radius 3 is 2.23 bits per heavy atom. The van der Waals surface area contributed by atoms with Crippen LogP contribution in [0.1, 0.15) is 0 Å². The molecule has 0 saturated heterocycles. The Labute approximate surface area is 77.5 Å². The summed E-state index contributed by atoms with van der Waals surface area (Å²) in [5.41, 5.74) is 4.88. The molecule has 76 valence electrons. The number of hydrogen-bond acceptors (Lipinski definition) is 4. The lowest BCUT2D eigenvalue weighted by Crippen LogP contribution is -2.30. The minimum Gasteiger partial charge on any atom is -0.395 e. The Morgan fingerprint density at radius 1 is 1.31 bits per heavy atom. The number of hydrogen-bond donors (Lipinski definition) is 3. The van der Waals surface area contributed by atoms with Crippen molar-refractivity contribution in [1.29, 1.82) is 0 Å². The summed E-state index contributed by atoms with van der Waals surface area (Å²) in [5.74, 6) is -0.493. The van der Waals surface area contributed by atoms with Gasteiger partial charge in [-0.2, -0.15) is 0 Å². The summed E-state index contributed by atoms with van der Waals surface area (Å²) >= 11 is 0. The van der Waals surface area contributed by atoms with Crippen molar-refractivity contribution in [3.63, 3.8) is 0 Å². The van der Waals surface area contributed by atoms with Crippen molar-refractivity contribution in [3.05, 3.63) is 12.2 Å². The molecule has 1 amide bonds. The molecule has 0 unspecified atom stereocenters. The predicted molar refractivity (Wildman–Crippen MR) is 48.9 cm³/mol. The Balaban J connectivity index is 3.73. The van der Waals surface area contributed by atoms with E-state index in [9.17, 15) is 4.79 Å². The van der Waals surface area contributed by atoms with Crippen LogP contribution in [-0.4, -0.2) is 53.9 Å². The van der Waals surface area contributed by atoms with E-state index in [2.05, 4.69) is 0 Å². The Bertz CT molecular complexity index is 165. The van der Waals surface area contributed by atoms with Gasteiger partial charge in [0.1, 0.15) is 0 Å². The second-order valence-electron chi connectivity index (χ2n) is 2.55. The smallest absolute Gasteiger partial charge is 0.241 e. The lowest BCUT2D eigenvalue weighted by Gasteiger charge is -2.17. The topological polar surface area (TPSA) is 86.8 Å². The van der Waals surface area contributed by atoms with Crippen molar-refractivity contribution in [2.75, 3.05) is 32.8 Å². The van der Waals surface area contributed by atoms with Crippen LogP contribution >= 0.6 is 0 Å². The summed E-state index contributed by atoms with van der Waals surface area (Å²) in [7, 11) is 0. The molecule has 0 aliphatic rings. The van der Waals surface area contributed by atoms with E-state index >= 15 is 0 Å². The van der Waals surface area contributed by atoms with Gasteiger partial charge in [-0.3, -0.25) is 9.69 Å². The molecule has 0 spiro atoms. The zero-order valence-corrected chi connectivity index (χ0v) is 7.52. The molecule has 0 aliphatic carbocycles. The number of aliphatic hydroxyl groups excluding tert-OH is 2. The standard InChI is InChI=1S/C8H16N2O3/c9-8(13)2-1-3-10(4-6-11)5-7-12/h1-2,11-12H,3-7H2,(H2,9,13). The van der Waals surface area contributed by atoms with Crippen LogP contribution in [0.3, 0.4) is 0 Å². The minimum absolute atomic E-state index is 0.0322. The Morgan fingerprint density at radius 2 is 1.85 bits per heavy atom. The molecule has 5 heteroatoms. The lowest BCUT2D eigenvalue weighted by molar-refractivity contribution is -0.113. The molecule has 13 heavy (non-hydrogen) atoms. The van der Waals surface area contributed by atoms with Gasteiger partial charge < -0.3 is 15.9 Å². The fraction of sp³-hybridized carbons (Fsp3) is 0.625. The van der Waals surface area contributed by atoms with Gasteiger partial charge in [-0.05, 0) is 6.08 Å². The van der Waals surface area contributed by atoms with E-state index in [1.165, 1.54) is 6.08 Å². The summed E-state index contributed by atoms with van der Waals surface area (Å²) in [6.07, 6.45) is 2.87. The number of carbonyl (C=O) groups is 1. The molecule has 0 radical (unpaired) electrons. The quantitative estimate of drug-likeness (QED) is 0.416. The molecule has 0 atom stereocenters. The molecule has 5 nitrogen and oxygen atoms in total. The van der Waals surface area contributed by atoms with Crippen LogP contribution in [0.25, 0.3) is 0 Å². The molecule has 0 aromatic rings. The van der Waals surface area contributed by atoms with Gasteiger partial charge in [0.2, 0.25) is 5.91 Å². The second kappa shape index (κ2) is 7.72. The zero-order valence-electron chi connectivity index (χ0n) is 7.52. The first-order chi connectivity index (χ1) is 6.20. The third-order valence-electron chi connectivity index (χ3n) is 1.48. The van der Waals surface area contributed by atoms with Crippen molar-refractivity contribution in [3.8, 4) is 0 Å². The van der Waals surface area contributed by atoms with Gasteiger partial charge in [0.25, 0.3) is 0 Å². The van der Waals surface area contributed by atoms with Crippen molar-refractivity contribution in [2.45, 2.75) is 0 Å². The number of amides is 1. The van der Waals surface area contributed by atoms with Gasteiger partial charge in [-0.15, -0.1) is 0 Å². The number of primary amides is 1. The van der Waals surface area contributed by atoms with E-state index in [1.807, 2.05) is 0 Å². The lowest BCUT2D eigenvalue weighted by atomic mass is 10.4. The highest BCUT2D eigenvalue weighted by Gasteiger charge is 1.99. The molecular formula is C8H16N2O3. The van der Waals surface area contributed by atoms with E-state index in [-0.39, 0.29) is 13.2 Å². The van der Waals surface area contributed by atoms with E-state index in [0.717, 1.165) is 0 Å². The van der Waals surface area contributed by atoms with Crippen LogP contribution in [-0.2, 0) is 4.79 Å². The van der Waals surface area contributed by atoms with E-state index in [0.29, 0.717) is 19.6 Å². The molecule has 0 rings (SSSR count). The first-order valence-corrected chi connectivity index (χ1v) is 4.10. The number of nitrogens with zero attached hydrogens (tertiary/aromatic N) is 1. The first-order valence-electron chi connectivity index (χ1n) is 4.10. The molecule has 0 aromatic heterocycles. The van der Waals surface area contributed by atoms with E-state index in [4.69, 9.17) is 15.9 Å². The molecule has 0 aromatic carbocycles. The van der Waals surface area contributed by atoms with Gasteiger partial charge in [0.05, 0.1) is 13.2 Å². The number of carbonyl (C=O) groups excluding carboxylic acids is 1. The summed E-state index contributed by atoms with van der Waals surface area (Å²) in [5, 5.41) is 17.3. The average molecular weight is 188 g/mol. The van der Waals surface area contributed by atoms with E-state index < -0.39 is 5.91 Å². The van der Waals surface area contributed by atoms with E-state index in [1.54, 1.807) is 11.0 Å². The highest BCUT2D eigenvalue weighted by Crippen LogP contribution is 1.87. The van der Waals surface area contributed by atoms with Gasteiger partial charge in [-0.1, -0.05) is 6.08 Å². The minimum atomic E-state index is -0.493. The molecule has 4 N–H and O–H groups in total. The number of aliphatic hydroxyl groups is 2. The van der Waals surface area contributed by atoms with Crippen molar-refractivity contribution in [2.24, 2.45) is 5.73 Å². The largest absolute Gasteiger partial charge is 0.395 e. The maximum absolute atomic E-state index is 10.3. The van der Waals surface area contributed by atoms with Crippen molar-refractivity contribution in [1.82, 2.24) is 4.90 Å². The Kier molecular flexibility index (Phi) is 7.18. The molecule has 0 fully saturated rings. The summed E-state index contributed by atoms with van der Waals surface area (Å²) in [6.45, 7) is 1.52. The number of nitrogens with two attached hydrogens (primary N) is 1. The highest BCUT2D eigenvalue weighted by atomic mass is 16.3. The summed E-state index contributed by atoms with van der Waals surface area (Å²) < 4.78 is 0. The second-order valence-corrected chi connectivity index (χ2v) is 2.55. The van der Waals surface area contributed by atoms with Crippen LogP contribution in [0.2, 0.25) is 0 Å². The average Bonchev–Trinajstić information content (AvgIpc) is 2.04. The van der Waals surface area contributed by atoms with Crippen LogP contribution in [0, 0.1) is 0 Å². The van der Waals surface area contributed by atoms with Gasteiger partial charge in [0.15, 0.2) is 0 Å². The van der Waals surface area contributed by atoms with Gasteiger partial charge >= 0.3 is 0 Å². The monoisotopic (exact) mass is 188 g/mol. The van der Waals surface area contributed by atoms with Crippen LogP contribution < -0.4 is 5.73 Å². The molecule has 0 saturated carbocycles. The van der Waals surface area contributed by atoms with Crippen LogP contribution in [0.5, 0.6) is 0 Å². The maximum atomic E-state index is 10.3. The molecule has 0 heterocycles. The third kappa shape index (κ3) is 7.45. The number of rotatable bonds is 7. The van der Waals surface area contributed by atoms with Crippen molar-refractivity contribution < 1.29 is 15.0 Å². The van der Waals surface area contributed by atoms with Crippen LogP contribution in [0.15, 0.2) is 12.2 Å².